The fourth-order valence-corrected chi connectivity index (χ4v) is 2.39. The van der Waals surface area contributed by atoms with Gasteiger partial charge in [0.15, 0.2) is 0 Å². The van der Waals surface area contributed by atoms with Gasteiger partial charge in [-0.25, -0.2) is 4.98 Å². The smallest absolute Gasteiger partial charge is 0.329 e. The molecule has 1 saturated heterocycles. The zero-order valence-corrected chi connectivity index (χ0v) is 12.7. The third-order valence-electron chi connectivity index (χ3n) is 4.07. The van der Waals surface area contributed by atoms with E-state index in [9.17, 15) is 10.1 Å². The molecule has 1 aliphatic heterocycles. The van der Waals surface area contributed by atoms with Crippen LogP contribution in [0.1, 0.15) is 19.8 Å². The zero-order valence-electron chi connectivity index (χ0n) is 12.7. The first-order valence-corrected chi connectivity index (χ1v) is 7.05. The number of nitrogens with zero attached hydrogens (tertiary/aromatic N) is 4. The van der Waals surface area contributed by atoms with E-state index in [1.54, 1.807) is 7.05 Å². The van der Waals surface area contributed by atoms with Crippen molar-refractivity contribution in [3.05, 3.63) is 16.3 Å². The molecule has 0 amide bonds. The summed E-state index contributed by atoms with van der Waals surface area (Å²) in [5.41, 5.74) is 0.0380. The Morgan fingerprint density at radius 3 is 2.71 bits per heavy atom. The molecule has 0 radical (unpaired) electrons. The zero-order chi connectivity index (χ0) is 15.5. The van der Waals surface area contributed by atoms with Gasteiger partial charge in [-0.1, -0.05) is 6.92 Å². The van der Waals surface area contributed by atoms with Gasteiger partial charge in [0.25, 0.3) is 0 Å². The van der Waals surface area contributed by atoms with Crippen molar-refractivity contribution in [1.82, 2.24) is 14.9 Å². The molecule has 8 nitrogen and oxygen atoms in total. The summed E-state index contributed by atoms with van der Waals surface area (Å²) in [5.74, 6) is 0.649. The Labute approximate surface area is 124 Å². The number of aromatic nitrogens is 2. The molecule has 1 aromatic heterocycles. The van der Waals surface area contributed by atoms with E-state index in [2.05, 4.69) is 39.5 Å². The topological polar surface area (TPSA) is 96.2 Å². The number of nitrogens with one attached hydrogen (secondary N) is 2. The summed E-state index contributed by atoms with van der Waals surface area (Å²) in [6.45, 7) is 4.97. The molecule has 0 spiro atoms. The SMILES string of the molecule is CNc1ncc([N+](=O)[O-])c(NCC2(C)CCN(C)CC2)n1. The number of rotatable bonds is 5. The standard InChI is InChI=1S/C13H22N6O2/c1-13(4-6-18(3)7-5-13)9-16-11-10(19(20)21)8-15-12(14-2)17-11/h8H,4-7,9H2,1-3H3,(H2,14,15,16,17). The van der Waals surface area contributed by atoms with Crippen molar-refractivity contribution in [2.24, 2.45) is 5.41 Å². The molecule has 1 aliphatic rings. The molecular formula is C13H22N6O2. The second-order valence-electron chi connectivity index (χ2n) is 5.90. The monoisotopic (exact) mass is 294 g/mol. The Balaban J connectivity index is 2.09. The number of likely N-dealkylation sites (tertiary alicyclic amines) is 1. The van der Waals surface area contributed by atoms with Crippen LogP contribution in [-0.4, -0.2) is 53.5 Å². The lowest BCUT2D eigenvalue weighted by Crippen LogP contribution is -2.40. The van der Waals surface area contributed by atoms with Crippen LogP contribution < -0.4 is 10.6 Å². The first-order valence-electron chi connectivity index (χ1n) is 7.05. The summed E-state index contributed by atoms with van der Waals surface area (Å²) in [4.78, 5) is 20.9. The fraction of sp³-hybridized carbons (Fsp3) is 0.692. The van der Waals surface area contributed by atoms with Gasteiger partial charge in [-0.15, -0.1) is 0 Å². The Bertz CT molecular complexity index is 513. The van der Waals surface area contributed by atoms with E-state index in [0.717, 1.165) is 25.9 Å². The lowest BCUT2D eigenvalue weighted by Gasteiger charge is -2.38. The lowest BCUT2D eigenvalue weighted by atomic mass is 9.80. The van der Waals surface area contributed by atoms with Gasteiger partial charge in [0.05, 0.1) is 4.92 Å². The molecule has 0 unspecified atom stereocenters. The van der Waals surface area contributed by atoms with E-state index in [1.807, 2.05) is 0 Å². The highest BCUT2D eigenvalue weighted by atomic mass is 16.6. The molecule has 0 aromatic carbocycles. The van der Waals surface area contributed by atoms with E-state index < -0.39 is 4.92 Å². The average molecular weight is 294 g/mol. The Kier molecular flexibility index (Phi) is 4.56. The summed E-state index contributed by atoms with van der Waals surface area (Å²) < 4.78 is 0. The van der Waals surface area contributed by atoms with Gasteiger partial charge in [-0.3, -0.25) is 10.1 Å². The highest BCUT2D eigenvalue weighted by Gasteiger charge is 2.29. The lowest BCUT2D eigenvalue weighted by molar-refractivity contribution is -0.384. The summed E-state index contributed by atoms with van der Waals surface area (Å²) in [6.07, 6.45) is 3.36. The highest BCUT2D eigenvalue weighted by Crippen LogP contribution is 2.31. The maximum absolute atomic E-state index is 11.1. The molecule has 0 bridgehead atoms. The van der Waals surface area contributed by atoms with E-state index in [0.29, 0.717) is 12.5 Å². The normalized spacial score (nSPS) is 18.2. The molecule has 116 valence electrons. The van der Waals surface area contributed by atoms with Crippen molar-refractivity contribution < 1.29 is 4.92 Å². The Morgan fingerprint density at radius 2 is 2.14 bits per heavy atom. The quantitative estimate of drug-likeness (QED) is 0.628. The van der Waals surface area contributed by atoms with Crippen molar-refractivity contribution in [1.29, 1.82) is 0 Å². The molecule has 2 N–H and O–H groups in total. The fourth-order valence-electron chi connectivity index (χ4n) is 2.39. The van der Waals surface area contributed by atoms with E-state index in [-0.39, 0.29) is 16.9 Å². The van der Waals surface area contributed by atoms with E-state index in [4.69, 9.17) is 0 Å². The van der Waals surface area contributed by atoms with Gasteiger partial charge in [0, 0.05) is 13.6 Å². The van der Waals surface area contributed by atoms with Crippen LogP contribution in [-0.2, 0) is 0 Å². The predicted octanol–water partition coefficient (Wildman–Crippen LogP) is 1.57. The maximum Gasteiger partial charge on any atom is 0.329 e. The van der Waals surface area contributed by atoms with Gasteiger partial charge < -0.3 is 15.5 Å². The first kappa shape index (κ1) is 15.4. The third kappa shape index (κ3) is 3.78. The second kappa shape index (κ2) is 6.21. The molecule has 2 rings (SSSR count). The van der Waals surface area contributed by atoms with Crippen LogP contribution in [0.2, 0.25) is 0 Å². The molecule has 1 aromatic rings. The summed E-state index contributed by atoms with van der Waals surface area (Å²) >= 11 is 0. The van der Waals surface area contributed by atoms with Gasteiger partial charge >= 0.3 is 5.69 Å². The molecule has 21 heavy (non-hydrogen) atoms. The third-order valence-corrected chi connectivity index (χ3v) is 4.07. The minimum atomic E-state index is -0.460. The Morgan fingerprint density at radius 1 is 1.48 bits per heavy atom. The number of hydrogen-bond acceptors (Lipinski definition) is 7. The van der Waals surface area contributed by atoms with Crippen LogP contribution in [0.25, 0.3) is 0 Å². The molecular weight excluding hydrogens is 272 g/mol. The minimum Gasteiger partial charge on any atom is -0.364 e. The van der Waals surface area contributed by atoms with Gasteiger partial charge in [0.1, 0.15) is 6.20 Å². The van der Waals surface area contributed by atoms with Crippen LogP contribution in [0.4, 0.5) is 17.5 Å². The predicted molar refractivity (Wildman–Crippen MR) is 81.6 cm³/mol. The molecule has 0 atom stereocenters. The van der Waals surface area contributed by atoms with Crippen molar-refractivity contribution in [2.75, 3.05) is 44.4 Å². The summed E-state index contributed by atoms with van der Waals surface area (Å²) in [6, 6.07) is 0. The van der Waals surface area contributed by atoms with E-state index >= 15 is 0 Å². The van der Waals surface area contributed by atoms with Crippen LogP contribution >= 0.6 is 0 Å². The van der Waals surface area contributed by atoms with Crippen molar-refractivity contribution in [3.63, 3.8) is 0 Å². The van der Waals surface area contributed by atoms with Crippen molar-refractivity contribution in [2.45, 2.75) is 19.8 Å². The Hall–Kier alpha value is -1.96. The molecule has 0 saturated carbocycles. The first-order chi connectivity index (χ1) is 9.93. The maximum atomic E-state index is 11.1. The van der Waals surface area contributed by atoms with Crippen molar-refractivity contribution >= 4 is 17.5 Å². The van der Waals surface area contributed by atoms with Crippen molar-refractivity contribution in [3.8, 4) is 0 Å². The van der Waals surface area contributed by atoms with E-state index in [1.165, 1.54) is 6.20 Å². The highest BCUT2D eigenvalue weighted by molar-refractivity contribution is 5.56. The molecule has 1 fully saturated rings. The average Bonchev–Trinajstić information content (AvgIpc) is 2.48. The molecule has 0 aliphatic carbocycles. The van der Waals surface area contributed by atoms with Gasteiger partial charge in [-0.05, 0) is 38.4 Å². The van der Waals surface area contributed by atoms with Crippen LogP contribution in [0.3, 0.4) is 0 Å². The second-order valence-corrected chi connectivity index (χ2v) is 5.90. The van der Waals surface area contributed by atoms with Gasteiger partial charge in [-0.2, -0.15) is 4.98 Å². The number of hydrogen-bond donors (Lipinski definition) is 2. The number of nitro groups is 1. The summed E-state index contributed by atoms with van der Waals surface area (Å²) in [7, 11) is 3.80. The molecule has 2 heterocycles. The number of piperidine rings is 1. The van der Waals surface area contributed by atoms with Crippen LogP contribution in [0.5, 0.6) is 0 Å². The minimum absolute atomic E-state index is 0.0921. The number of anilines is 2. The van der Waals surface area contributed by atoms with Crippen LogP contribution in [0.15, 0.2) is 6.20 Å². The van der Waals surface area contributed by atoms with Gasteiger partial charge in [0.2, 0.25) is 11.8 Å². The van der Waals surface area contributed by atoms with Crippen LogP contribution in [0, 0.1) is 15.5 Å². The molecule has 8 heteroatoms. The summed E-state index contributed by atoms with van der Waals surface area (Å²) in [5, 5.41) is 17.0. The largest absolute Gasteiger partial charge is 0.364 e.